The minimum Gasteiger partial charge on any atom is -0.456 e. The molecule has 0 aliphatic rings. The highest BCUT2D eigenvalue weighted by Crippen LogP contribution is 2.30. The van der Waals surface area contributed by atoms with Gasteiger partial charge in [-0.25, -0.2) is 4.98 Å². The lowest BCUT2D eigenvalue weighted by Crippen LogP contribution is -2.14. The summed E-state index contributed by atoms with van der Waals surface area (Å²) in [6.45, 7) is 0. The van der Waals surface area contributed by atoms with Crippen molar-refractivity contribution in [2.75, 3.05) is 5.32 Å². The third-order valence-corrected chi connectivity index (χ3v) is 5.12. The van der Waals surface area contributed by atoms with Crippen molar-refractivity contribution in [2.24, 2.45) is 0 Å². The van der Waals surface area contributed by atoms with Crippen LogP contribution in [0.1, 0.15) is 16.2 Å². The van der Waals surface area contributed by atoms with E-state index in [4.69, 9.17) is 4.74 Å². The van der Waals surface area contributed by atoms with Crippen LogP contribution >= 0.6 is 0 Å². The second-order valence-corrected chi connectivity index (χ2v) is 7.54. The molecule has 1 amide bonds. The largest absolute Gasteiger partial charge is 0.456 e. The number of benzene rings is 2. The second kappa shape index (κ2) is 8.90. The molecule has 5 aromatic rings. The molecule has 0 unspecified atom stereocenters. The minimum absolute atomic E-state index is 0.0893. The lowest BCUT2D eigenvalue weighted by atomic mass is 10.0. The van der Waals surface area contributed by atoms with E-state index in [0.717, 1.165) is 29.5 Å². The average Bonchev–Trinajstić information content (AvgIpc) is 3.28. The first kappa shape index (κ1) is 22.1. The van der Waals surface area contributed by atoms with Crippen molar-refractivity contribution in [1.82, 2.24) is 20.2 Å². The molecule has 174 valence electrons. The zero-order valence-electron chi connectivity index (χ0n) is 17.9. The first-order valence-corrected chi connectivity index (χ1v) is 10.4. The first-order valence-electron chi connectivity index (χ1n) is 10.4. The number of para-hydroxylation sites is 1. The number of nitrogens with one attached hydrogen (secondary N) is 2. The van der Waals surface area contributed by atoms with Crippen molar-refractivity contribution in [2.45, 2.75) is 6.18 Å². The number of amides is 1. The van der Waals surface area contributed by atoms with E-state index < -0.39 is 17.8 Å². The van der Waals surface area contributed by atoms with Crippen molar-refractivity contribution in [3.05, 3.63) is 96.7 Å². The summed E-state index contributed by atoms with van der Waals surface area (Å²) in [6.07, 6.45) is -0.336. The van der Waals surface area contributed by atoms with Crippen molar-refractivity contribution >= 4 is 22.5 Å². The topological polar surface area (TPSA) is 92.8 Å². The predicted molar refractivity (Wildman–Crippen MR) is 123 cm³/mol. The molecule has 0 aliphatic heterocycles. The molecule has 0 atom stereocenters. The molecule has 2 aromatic carbocycles. The maximum Gasteiger partial charge on any atom is 0.433 e. The molecule has 5 rings (SSSR count). The van der Waals surface area contributed by atoms with Gasteiger partial charge in [0, 0.05) is 17.1 Å². The molecule has 0 fully saturated rings. The smallest absolute Gasteiger partial charge is 0.433 e. The highest BCUT2D eigenvalue weighted by molar-refractivity contribution is 6.11. The van der Waals surface area contributed by atoms with Crippen LogP contribution in [0.2, 0.25) is 0 Å². The first-order chi connectivity index (χ1) is 16.9. The Bertz CT molecular complexity index is 1500. The van der Waals surface area contributed by atoms with E-state index in [1.54, 1.807) is 24.5 Å². The third-order valence-electron chi connectivity index (χ3n) is 5.12. The Morgan fingerprint density at radius 3 is 2.46 bits per heavy atom. The van der Waals surface area contributed by atoms with E-state index >= 15 is 0 Å². The monoisotopic (exact) mass is 475 g/mol. The summed E-state index contributed by atoms with van der Waals surface area (Å²) < 4.78 is 44.0. The SMILES string of the molecule is O=C(Nc1ccc(C(F)(F)F)nc1)c1n[nH]c2ccc(-c3cncc(Oc4ccccc4)c3)cc12. The molecule has 0 saturated heterocycles. The van der Waals surface area contributed by atoms with E-state index in [0.29, 0.717) is 22.4 Å². The fraction of sp³-hybridized carbons (Fsp3) is 0.0400. The van der Waals surface area contributed by atoms with E-state index in [1.165, 1.54) is 0 Å². The van der Waals surface area contributed by atoms with Gasteiger partial charge in [-0.1, -0.05) is 24.3 Å². The number of carbonyl (C=O) groups excluding carboxylic acids is 1. The summed E-state index contributed by atoms with van der Waals surface area (Å²) in [5.41, 5.74) is 1.32. The lowest BCUT2D eigenvalue weighted by molar-refractivity contribution is -0.141. The summed E-state index contributed by atoms with van der Waals surface area (Å²) in [7, 11) is 0. The molecular weight excluding hydrogens is 459 g/mol. The van der Waals surface area contributed by atoms with Crippen LogP contribution in [-0.4, -0.2) is 26.1 Å². The quantitative estimate of drug-likeness (QED) is 0.321. The highest BCUT2D eigenvalue weighted by Gasteiger charge is 2.32. The Balaban J connectivity index is 1.40. The zero-order valence-corrected chi connectivity index (χ0v) is 17.9. The Morgan fingerprint density at radius 1 is 0.886 bits per heavy atom. The van der Waals surface area contributed by atoms with Gasteiger partial charge in [-0.15, -0.1) is 0 Å². The zero-order chi connectivity index (χ0) is 24.4. The number of carbonyl (C=O) groups is 1. The average molecular weight is 475 g/mol. The number of nitrogens with zero attached hydrogens (tertiary/aromatic N) is 3. The van der Waals surface area contributed by atoms with E-state index in [2.05, 4.69) is 25.5 Å². The van der Waals surface area contributed by atoms with Crippen molar-refractivity contribution in [3.63, 3.8) is 0 Å². The molecule has 10 heteroatoms. The molecule has 0 aliphatic carbocycles. The van der Waals surface area contributed by atoms with Crippen LogP contribution in [0.25, 0.3) is 22.0 Å². The molecule has 2 N–H and O–H groups in total. The maximum absolute atomic E-state index is 12.8. The number of rotatable bonds is 5. The summed E-state index contributed by atoms with van der Waals surface area (Å²) in [5, 5.41) is 9.93. The van der Waals surface area contributed by atoms with Gasteiger partial charge in [-0.2, -0.15) is 18.3 Å². The standard InChI is InChI=1S/C25H16F3N5O2/c26-25(27,28)22-9-7-17(13-30-22)31-24(34)23-20-11-15(6-8-21(20)32-33-23)16-10-19(14-29-12-16)35-18-4-2-1-3-5-18/h1-14H,(H,31,34)(H,32,33). The number of aromatic amines is 1. The number of hydrogen-bond donors (Lipinski definition) is 2. The highest BCUT2D eigenvalue weighted by atomic mass is 19.4. The van der Waals surface area contributed by atoms with Gasteiger partial charge in [0.15, 0.2) is 5.69 Å². The maximum atomic E-state index is 12.8. The Hall–Kier alpha value is -4.73. The van der Waals surface area contributed by atoms with Crippen LogP contribution in [0.4, 0.5) is 18.9 Å². The summed E-state index contributed by atoms with van der Waals surface area (Å²) in [6, 6.07) is 18.5. The molecule has 0 spiro atoms. The number of alkyl halides is 3. The molecule has 7 nitrogen and oxygen atoms in total. The van der Waals surface area contributed by atoms with Crippen LogP contribution in [0, 0.1) is 0 Å². The molecule has 0 radical (unpaired) electrons. The predicted octanol–water partition coefficient (Wildman–Crippen LogP) is 6.08. The molecular formula is C25H16F3N5O2. The number of anilines is 1. The molecule has 0 saturated carbocycles. The Labute approximate surface area is 196 Å². The van der Waals surface area contributed by atoms with Crippen molar-refractivity contribution < 1.29 is 22.7 Å². The summed E-state index contributed by atoms with van der Waals surface area (Å²) in [4.78, 5) is 20.4. The van der Waals surface area contributed by atoms with Gasteiger partial charge in [0.2, 0.25) is 0 Å². The molecule has 3 heterocycles. The summed E-state index contributed by atoms with van der Waals surface area (Å²) in [5.74, 6) is 0.636. The van der Waals surface area contributed by atoms with Crippen molar-refractivity contribution in [1.29, 1.82) is 0 Å². The molecule has 35 heavy (non-hydrogen) atoms. The number of H-pyrrole nitrogens is 1. The molecule has 3 aromatic heterocycles. The van der Waals surface area contributed by atoms with Crippen LogP contribution < -0.4 is 10.1 Å². The van der Waals surface area contributed by atoms with Gasteiger partial charge < -0.3 is 10.1 Å². The number of halogens is 3. The number of ether oxygens (including phenoxy) is 1. The third kappa shape index (κ3) is 4.81. The minimum atomic E-state index is -4.56. The number of fused-ring (bicyclic) bond motifs is 1. The van der Waals surface area contributed by atoms with Gasteiger partial charge in [0.1, 0.15) is 17.2 Å². The molecule has 0 bridgehead atoms. The lowest BCUT2D eigenvalue weighted by Gasteiger charge is -2.08. The van der Waals surface area contributed by atoms with Gasteiger partial charge >= 0.3 is 6.18 Å². The second-order valence-electron chi connectivity index (χ2n) is 7.54. The normalized spacial score (nSPS) is 11.4. The van der Waals surface area contributed by atoms with Gasteiger partial charge in [0.05, 0.1) is 23.6 Å². The number of hydrogen-bond acceptors (Lipinski definition) is 5. The van der Waals surface area contributed by atoms with Crippen LogP contribution in [0.5, 0.6) is 11.5 Å². The van der Waals surface area contributed by atoms with Gasteiger partial charge in [-0.05, 0) is 48.0 Å². The van der Waals surface area contributed by atoms with Crippen LogP contribution in [0.15, 0.2) is 85.3 Å². The van der Waals surface area contributed by atoms with Crippen molar-refractivity contribution in [3.8, 4) is 22.6 Å². The van der Waals surface area contributed by atoms with E-state index in [9.17, 15) is 18.0 Å². The number of pyridine rings is 2. The van der Waals surface area contributed by atoms with Gasteiger partial charge in [-0.3, -0.25) is 14.9 Å². The fourth-order valence-corrected chi connectivity index (χ4v) is 3.45. The Kier molecular flexibility index (Phi) is 5.61. The number of aromatic nitrogens is 4. The van der Waals surface area contributed by atoms with Gasteiger partial charge in [0.25, 0.3) is 5.91 Å². The van der Waals surface area contributed by atoms with E-state index in [1.807, 2.05) is 42.5 Å². The van der Waals surface area contributed by atoms with Crippen LogP contribution in [0.3, 0.4) is 0 Å². The fourth-order valence-electron chi connectivity index (χ4n) is 3.45. The van der Waals surface area contributed by atoms with Crippen LogP contribution in [-0.2, 0) is 6.18 Å². The Morgan fingerprint density at radius 2 is 1.71 bits per heavy atom. The summed E-state index contributed by atoms with van der Waals surface area (Å²) >= 11 is 0. The van der Waals surface area contributed by atoms with E-state index in [-0.39, 0.29) is 11.4 Å².